The second kappa shape index (κ2) is 4.73. The first kappa shape index (κ1) is 12.8. The number of carbonyl (C=O) groups is 1. The van der Waals surface area contributed by atoms with E-state index in [4.69, 9.17) is 4.74 Å². The van der Waals surface area contributed by atoms with E-state index in [0.717, 1.165) is 6.42 Å². The van der Waals surface area contributed by atoms with E-state index < -0.39 is 5.60 Å². The fourth-order valence-corrected chi connectivity index (χ4v) is 1.82. The van der Waals surface area contributed by atoms with Crippen molar-refractivity contribution in [1.29, 1.82) is 0 Å². The zero-order chi connectivity index (χ0) is 12.3. The molecule has 0 radical (unpaired) electrons. The van der Waals surface area contributed by atoms with Gasteiger partial charge in [-0.3, -0.25) is 0 Å². The smallest absolute Gasteiger partial charge is 0.410 e. The lowest BCUT2D eigenvalue weighted by atomic mass is 10.1. The van der Waals surface area contributed by atoms with Crippen LogP contribution in [0.4, 0.5) is 4.79 Å². The molecule has 1 aliphatic heterocycles. The van der Waals surface area contributed by atoms with Gasteiger partial charge in [0.1, 0.15) is 5.60 Å². The van der Waals surface area contributed by atoms with Gasteiger partial charge >= 0.3 is 6.09 Å². The van der Waals surface area contributed by atoms with Gasteiger partial charge in [-0.15, -0.1) is 13.2 Å². The number of rotatable bonds is 2. The molecule has 0 aromatic rings. The molecule has 0 bridgehead atoms. The van der Waals surface area contributed by atoms with Gasteiger partial charge in [0.25, 0.3) is 0 Å². The average molecular weight is 223 g/mol. The minimum atomic E-state index is -0.449. The van der Waals surface area contributed by atoms with E-state index >= 15 is 0 Å². The molecule has 0 unspecified atom stereocenters. The monoisotopic (exact) mass is 223 g/mol. The van der Waals surface area contributed by atoms with E-state index in [1.807, 2.05) is 26.8 Å². The van der Waals surface area contributed by atoms with Gasteiger partial charge in [-0.2, -0.15) is 0 Å². The average Bonchev–Trinajstić information content (AvgIpc) is 2.58. The summed E-state index contributed by atoms with van der Waals surface area (Å²) in [4.78, 5) is 13.6. The maximum atomic E-state index is 11.9. The molecule has 1 saturated heterocycles. The minimum absolute atomic E-state index is 0.0675. The van der Waals surface area contributed by atoms with Crippen molar-refractivity contribution in [3.8, 4) is 0 Å². The molecular formula is C13H21NO2. The number of nitrogens with zero attached hydrogens (tertiary/aromatic N) is 1. The molecule has 1 rings (SSSR count). The molecule has 0 aliphatic carbocycles. The zero-order valence-electron chi connectivity index (χ0n) is 10.4. The highest BCUT2D eigenvalue weighted by Gasteiger charge is 2.34. The second-order valence-corrected chi connectivity index (χ2v) is 5.17. The zero-order valence-corrected chi connectivity index (χ0v) is 10.4. The molecule has 0 spiro atoms. The number of hydrogen-bond donors (Lipinski definition) is 0. The molecule has 3 nitrogen and oxygen atoms in total. The molecule has 90 valence electrons. The molecule has 2 atom stereocenters. The number of hydrogen-bond acceptors (Lipinski definition) is 2. The summed E-state index contributed by atoms with van der Waals surface area (Å²) in [5, 5.41) is 0. The quantitative estimate of drug-likeness (QED) is 0.673. The summed E-state index contributed by atoms with van der Waals surface area (Å²) >= 11 is 0. The second-order valence-electron chi connectivity index (χ2n) is 5.17. The molecule has 0 aromatic carbocycles. The lowest BCUT2D eigenvalue weighted by molar-refractivity contribution is 0.0252. The first-order valence-corrected chi connectivity index (χ1v) is 5.62. The summed E-state index contributed by atoms with van der Waals surface area (Å²) in [5.41, 5.74) is -0.449. The Hall–Kier alpha value is -1.25. The molecule has 3 heteroatoms. The predicted octanol–water partition coefficient (Wildman–Crippen LogP) is 2.98. The van der Waals surface area contributed by atoms with Gasteiger partial charge in [0, 0.05) is 6.54 Å². The molecule has 1 aliphatic rings. The van der Waals surface area contributed by atoms with Crippen LogP contribution in [0, 0.1) is 5.92 Å². The van der Waals surface area contributed by atoms with E-state index in [2.05, 4.69) is 13.2 Å². The van der Waals surface area contributed by atoms with Gasteiger partial charge < -0.3 is 9.64 Å². The van der Waals surface area contributed by atoms with Crippen LogP contribution in [0.3, 0.4) is 0 Å². The van der Waals surface area contributed by atoms with Crippen molar-refractivity contribution >= 4 is 6.09 Å². The number of carbonyl (C=O) groups excluding carboxylic acids is 1. The standard InChI is InChI=1S/C13H21NO2/c1-6-10-8-11(7-2)14(9-10)12(15)16-13(3,4)5/h6-7,10-11H,1-2,8-9H2,3-5H3/t10-,11+/m1/s1. The van der Waals surface area contributed by atoms with E-state index in [1.54, 1.807) is 11.0 Å². The first-order valence-electron chi connectivity index (χ1n) is 5.62. The van der Waals surface area contributed by atoms with Gasteiger partial charge in [0.05, 0.1) is 6.04 Å². The van der Waals surface area contributed by atoms with Crippen molar-refractivity contribution in [3.05, 3.63) is 25.3 Å². The number of likely N-dealkylation sites (tertiary alicyclic amines) is 1. The molecule has 16 heavy (non-hydrogen) atoms. The highest BCUT2D eigenvalue weighted by Crippen LogP contribution is 2.26. The molecule has 1 amide bonds. The van der Waals surface area contributed by atoms with Crippen molar-refractivity contribution < 1.29 is 9.53 Å². The molecule has 0 saturated carbocycles. The highest BCUT2D eigenvalue weighted by atomic mass is 16.6. The number of amides is 1. The SMILES string of the molecule is C=C[C@@H]1C[C@H](C=C)N(C(=O)OC(C)(C)C)C1. The van der Waals surface area contributed by atoms with E-state index in [-0.39, 0.29) is 12.1 Å². The lowest BCUT2D eigenvalue weighted by Gasteiger charge is -2.27. The minimum Gasteiger partial charge on any atom is -0.444 e. The van der Waals surface area contributed by atoms with Crippen molar-refractivity contribution in [2.45, 2.75) is 38.8 Å². The maximum Gasteiger partial charge on any atom is 0.410 e. The predicted molar refractivity (Wildman–Crippen MR) is 65.2 cm³/mol. The Balaban J connectivity index is 2.68. The Labute approximate surface area is 97.8 Å². The third-order valence-electron chi connectivity index (χ3n) is 2.61. The topological polar surface area (TPSA) is 29.5 Å². The van der Waals surface area contributed by atoms with Gasteiger partial charge in [0.15, 0.2) is 0 Å². The van der Waals surface area contributed by atoms with Crippen LogP contribution in [0.15, 0.2) is 25.3 Å². The Morgan fingerprint density at radius 3 is 2.44 bits per heavy atom. The Kier molecular flexibility index (Phi) is 3.79. The summed E-state index contributed by atoms with van der Waals surface area (Å²) < 4.78 is 5.35. The molecular weight excluding hydrogens is 202 g/mol. The third kappa shape index (κ3) is 3.12. The first-order chi connectivity index (χ1) is 7.37. The van der Waals surface area contributed by atoms with Crippen molar-refractivity contribution in [3.63, 3.8) is 0 Å². The van der Waals surface area contributed by atoms with Crippen LogP contribution in [-0.4, -0.2) is 29.2 Å². The van der Waals surface area contributed by atoms with Crippen LogP contribution < -0.4 is 0 Å². The van der Waals surface area contributed by atoms with Gasteiger partial charge in [-0.25, -0.2) is 4.79 Å². The maximum absolute atomic E-state index is 11.9. The fraction of sp³-hybridized carbons (Fsp3) is 0.615. The van der Waals surface area contributed by atoms with Gasteiger partial charge in [-0.1, -0.05) is 12.2 Å². The van der Waals surface area contributed by atoms with E-state index in [9.17, 15) is 4.79 Å². The lowest BCUT2D eigenvalue weighted by Crippen LogP contribution is -2.39. The van der Waals surface area contributed by atoms with Gasteiger partial charge in [-0.05, 0) is 33.1 Å². The molecule has 1 fully saturated rings. The van der Waals surface area contributed by atoms with Crippen molar-refractivity contribution in [2.24, 2.45) is 5.92 Å². The highest BCUT2D eigenvalue weighted by molar-refractivity contribution is 5.69. The van der Waals surface area contributed by atoms with Crippen LogP contribution >= 0.6 is 0 Å². The molecule has 0 N–H and O–H groups in total. The molecule has 0 aromatic heterocycles. The Morgan fingerprint density at radius 1 is 1.38 bits per heavy atom. The van der Waals surface area contributed by atoms with Crippen LogP contribution in [0.5, 0.6) is 0 Å². The van der Waals surface area contributed by atoms with Crippen molar-refractivity contribution in [2.75, 3.05) is 6.54 Å². The number of ether oxygens (including phenoxy) is 1. The van der Waals surface area contributed by atoms with Crippen LogP contribution in [0.2, 0.25) is 0 Å². The van der Waals surface area contributed by atoms with Crippen molar-refractivity contribution in [1.82, 2.24) is 4.90 Å². The Bertz CT molecular complexity index is 291. The third-order valence-corrected chi connectivity index (χ3v) is 2.61. The van der Waals surface area contributed by atoms with E-state index in [1.165, 1.54) is 0 Å². The summed E-state index contributed by atoms with van der Waals surface area (Å²) in [6.45, 7) is 13.8. The van der Waals surface area contributed by atoms with E-state index in [0.29, 0.717) is 12.5 Å². The van der Waals surface area contributed by atoms with Gasteiger partial charge in [0.2, 0.25) is 0 Å². The Morgan fingerprint density at radius 2 is 2.00 bits per heavy atom. The fourth-order valence-electron chi connectivity index (χ4n) is 1.82. The summed E-state index contributed by atoms with van der Waals surface area (Å²) in [6, 6.07) is 0.0675. The van der Waals surface area contributed by atoms with Crippen LogP contribution in [-0.2, 0) is 4.74 Å². The summed E-state index contributed by atoms with van der Waals surface area (Å²) in [7, 11) is 0. The van der Waals surface area contributed by atoms with Crippen LogP contribution in [0.1, 0.15) is 27.2 Å². The summed E-state index contributed by atoms with van der Waals surface area (Å²) in [6.07, 6.45) is 4.32. The normalized spacial score (nSPS) is 25.3. The largest absolute Gasteiger partial charge is 0.444 e. The summed E-state index contributed by atoms with van der Waals surface area (Å²) in [5.74, 6) is 0.343. The molecule has 1 heterocycles. The van der Waals surface area contributed by atoms with Crippen LogP contribution in [0.25, 0.3) is 0 Å².